The molecule has 0 atom stereocenters. The van der Waals surface area contributed by atoms with Crippen LogP contribution in [-0.4, -0.2) is 10.7 Å². The average molecular weight is 267 g/mol. The van der Waals surface area contributed by atoms with Crippen LogP contribution < -0.4 is 4.74 Å². The minimum atomic E-state index is -0.478. The molecule has 0 spiro atoms. The van der Waals surface area contributed by atoms with Crippen molar-refractivity contribution in [3.05, 3.63) is 75.5 Å². The lowest BCUT2D eigenvalue weighted by atomic mass is 10.1. The van der Waals surface area contributed by atoms with Gasteiger partial charge in [0.2, 0.25) is 5.78 Å². The fraction of sp³-hybridized carbons (Fsp3) is 0. The van der Waals surface area contributed by atoms with Crippen molar-refractivity contribution >= 4 is 17.5 Å². The highest BCUT2D eigenvalue weighted by Gasteiger charge is 2.26. The van der Waals surface area contributed by atoms with E-state index >= 15 is 0 Å². The number of para-hydroxylation sites is 1. The molecule has 0 bridgehead atoms. The van der Waals surface area contributed by atoms with Gasteiger partial charge < -0.3 is 4.74 Å². The molecule has 0 fully saturated rings. The summed E-state index contributed by atoms with van der Waals surface area (Å²) in [7, 11) is 0. The molecule has 98 valence electrons. The predicted molar refractivity (Wildman–Crippen MR) is 72.5 cm³/mol. The molecular weight excluding hydrogens is 258 g/mol. The lowest BCUT2D eigenvalue weighted by molar-refractivity contribution is -0.384. The van der Waals surface area contributed by atoms with Crippen molar-refractivity contribution in [2.75, 3.05) is 0 Å². The lowest BCUT2D eigenvalue weighted by Gasteiger charge is -1.98. The average Bonchev–Trinajstić information content (AvgIpc) is 2.76. The number of hydrogen-bond acceptors (Lipinski definition) is 4. The van der Waals surface area contributed by atoms with E-state index in [9.17, 15) is 14.9 Å². The van der Waals surface area contributed by atoms with Gasteiger partial charge in [0.25, 0.3) is 5.69 Å². The van der Waals surface area contributed by atoms with E-state index in [1.54, 1.807) is 36.4 Å². The zero-order chi connectivity index (χ0) is 14.1. The number of non-ortho nitro benzene ring substituents is 1. The van der Waals surface area contributed by atoms with Gasteiger partial charge in [-0.2, -0.15) is 0 Å². The molecule has 2 aromatic rings. The van der Waals surface area contributed by atoms with Crippen LogP contribution in [-0.2, 0) is 0 Å². The molecule has 0 N–H and O–H groups in total. The number of carbonyl (C=O) groups excluding carboxylic acids is 1. The maximum atomic E-state index is 12.1. The molecule has 5 heteroatoms. The monoisotopic (exact) mass is 267 g/mol. The number of nitrogens with zero attached hydrogens (tertiary/aromatic N) is 1. The molecule has 3 rings (SSSR count). The summed E-state index contributed by atoms with van der Waals surface area (Å²) in [5, 5.41) is 10.7. The van der Waals surface area contributed by atoms with Crippen LogP contribution in [0, 0.1) is 10.1 Å². The van der Waals surface area contributed by atoms with Crippen LogP contribution in [0.25, 0.3) is 6.08 Å². The summed E-state index contributed by atoms with van der Waals surface area (Å²) in [6, 6.07) is 13.0. The maximum Gasteiger partial charge on any atom is 0.270 e. The van der Waals surface area contributed by atoms with Gasteiger partial charge in [0.15, 0.2) is 5.76 Å². The molecule has 1 aliphatic heterocycles. The van der Waals surface area contributed by atoms with Crippen LogP contribution in [0.15, 0.2) is 54.3 Å². The van der Waals surface area contributed by atoms with Crippen LogP contribution in [0.2, 0.25) is 0 Å². The molecule has 0 amide bonds. The summed E-state index contributed by atoms with van der Waals surface area (Å²) >= 11 is 0. The number of Topliss-reactive ketones (excluding diaryl/α,β-unsaturated/α-hetero) is 1. The predicted octanol–water partition coefficient (Wildman–Crippen LogP) is 3.21. The molecule has 0 radical (unpaired) electrons. The Morgan fingerprint density at radius 1 is 1.10 bits per heavy atom. The Bertz CT molecular complexity index is 749. The van der Waals surface area contributed by atoms with E-state index in [4.69, 9.17) is 4.74 Å². The van der Waals surface area contributed by atoms with Gasteiger partial charge in [0, 0.05) is 12.1 Å². The lowest BCUT2D eigenvalue weighted by Crippen LogP contribution is -1.98. The third kappa shape index (κ3) is 2.05. The van der Waals surface area contributed by atoms with Crippen molar-refractivity contribution in [3.63, 3.8) is 0 Å². The molecular formula is C15H9NO4. The molecule has 1 heterocycles. The summed E-state index contributed by atoms with van der Waals surface area (Å²) in [6.45, 7) is 0. The highest BCUT2D eigenvalue weighted by molar-refractivity contribution is 6.14. The fourth-order valence-corrected chi connectivity index (χ4v) is 2.02. The summed E-state index contributed by atoms with van der Waals surface area (Å²) < 4.78 is 5.47. The molecule has 20 heavy (non-hydrogen) atoms. The van der Waals surface area contributed by atoms with Crippen LogP contribution in [0.1, 0.15) is 15.9 Å². The van der Waals surface area contributed by atoms with Crippen LogP contribution in [0.3, 0.4) is 0 Å². The third-order valence-electron chi connectivity index (χ3n) is 2.95. The number of ether oxygens (including phenoxy) is 1. The quantitative estimate of drug-likeness (QED) is 0.476. The molecule has 0 saturated carbocycles. The van der Waals surface area contributed by atoms with E-state index < -0.39 is 4.92 Å². The minimum absolute atomic E-state index is 0.0256. The van der Waals surface area contributed by atoms with Crippen LogP contribution in [0.4, 0.5) is 5.69 Å². The first-order valence-corrected chi connectivity index (χ1v) is 5.93. The number of ketones is 1. The number of rotatable bonds is 2. The molecule has 0 saturated heterocycles. The van der Waals surface area contributed by atoms with Gasteiger partial charge in [-0.3, -0.25) is 14.9 Å². The number of hydrogen-bond donors (Lipinski definition) is 0. The number of benzene rings is 2. The number of nitro benzene ring substituents is 1. The van der Waals surface area contributed by atoms with E-state index in [0.29, 0.717) is 16.9 Å². The Morgan fingerprint density at radius 3 is 2.65 bits per heavy atom. The van der Waals surface area contributed by atoms with Crippen molar-refractivity contribution in [2.45, 2.75) is 0 Å². The number of nitro groups is 1. The number of fused-ring (bicyclic) bond motifs is 1. The maximum absolute atomic E-state index is 12.1. The minimum Gasteiger partial charge on any atom is -0.452 e. The second-order valence-corrected chi connectivity index (χ2v) is 4.29. The fourth-order valence-electron chi connectivity index (χ4n) is 2.02. The Morgan fingerprint density at radius 2 is 1.90 bits per heavy atom. The van der Waals surface area contributed by atoms with Gasteiger partial charge in [-0.15, -0.1) is 0 Å². The summed E-state index contributed by atoms with van der Waals surface area (Å²) in [6.07, 6.45) is 1.51. The Labute approximate surface area is 114 Å². The standard InChI is InChI=1S/C15H9NO4/c17-15-12-6-1-2-7-13(12)20-14(15)9-10-4-3-5-11(8-10)16(18)19/h1-9H. The van der Waals surface area contributed by atoms with E-state index in [0.717, 1.165) is 0 Å². The highest BCUT2D eigenvalue weighted by Crippen LogP contribution is 2.31. The molecule has 2 aromatic carbocycles. The Hall–Kier alpha value is -2.95. The Kier molecular flexibility index (Phi) is 2.80. The molecule has 1 aliphatic rings. The topological polar surface area (TPSA) is 69.4 Å². The normalized spacial score (nSPS) is 15.0. The van der Waals surface area contributed by atoms with Crippen LogP contribution in [0.5, 0.6) is 5.75 Å². The summed E-state index contributed by atoms with van der Waals surface area (Å²) in [5.74, 6) is 0.466. The highest BCUT2D eigenvalue weighted by atomic mass is 16.6. The zero-order valence-corrected chi connectivity index (χ0v) is 10.3. The van der Waals surface area contributed by atoms with Gasteiger partial charge in [0.1, 0.15) is 5.75 Å². The first-order chi connectivity index (χ1) is 9.65. The second kappa shape index (κ2) is 4.62. The summed E-state index contributed by atoms with van der Waals surface area (Å²) in [4.78, 5) is 22.3. The molecule has 5 nitrogen and oxygen atoms in total. The molecule has 0 unspecified atom stereocenters. The van der Waals surface area contributed by atoms with Gasteiger partial charge >= 0.3 is 0 Å². The first kappa shape index (κ1) is 12.1. The van der Waals surface area contributed by atoms with E-state index in [1.165, 1.54) is 18.2 Å². The van der Waals surface area contributed by atoms with Gasteiger partial charge in [-0.25, -0.2) is 0 Å². The largest absolute Gasteiger partial charge is 0.452 e. The number of allylic oxidation sites excluding steroid dienone is 1. The third-order valence-corrected chi connectivity index (χ3v) is 2.95. The van der Waals surface area contributed by atoms with Gasteiger partial charge in [-0.1, -0.05) is 24.3 Å². The van der Waals surface area contributed by atoms with Crippen molar-refractivity contribution in [2.24, 2.45) is 0 Å². The SMILES string of the molecule is O=C1C(=Cc2cccc([N+](=O)[O-])c2)Oc2ccccc21. The number of carbonyl (C=O) groups is 1. The van der Waals surface area contributed by atoms with Crippen molar-refractivity contribution in [1.29, 1.82) is 0 Å². The summed E-state index contributed by atoms with van der Waals surface area (Å²) in [5.41, 5.74) is 1.03. The van der Waals surface area contributed by atoms with Crippen LogP contribution >= 0.6 is 0 Å². The Balaban J connectivity index is 1.97. The van der Waals surface area contributed by atoms with Crippen molar-refractivity contribution < 1.29 is 14.5 Å². The van der Waals surface area contributed by atoms with Gasteiger partial charge in [0.05, 0.1) is 10.5 Å². The van der Waals surface area contributed by atoms with E-state index in [1.807, 2.05) is 0 Å². The smallest absolute Gasteiger partial charge is 0.270 e. The second-order valence-electron chi connectivity index (χ2n) is 4.29. The van der Waals surface area contributed by atoms with E-state index in [-0.39, 0.29) is 17.2 Å². The zero-order valence-electron chi connectivity index (χ0n) is 10.3. The first-order valence-electron chi connectivity index (χ1n) is 5.93. The van der Waals surface area contributed by atoms with Crippen molar-refractivity contribution in [1.82, 2.24) is 0 Å². The van der Waals surface area contributed by atoms with E-state index in [2.05, 4.69) is 0 Å². The molecule has 0 aromatic heterocycles. The van der Waals surface area contributed by atoms with Gasteiger partial charge in [-0.05, 0) is 23.8 Å². The molecule has 0 aliphatic carbocycles. The van der Waals surface area contributed by atoms with Crippen molar-refractivity contribution in [3.8, 4) is 5.75 Å².